The van der Waals surface area contributed by atoms with E-state index >= 15 is 0 Å². The topological polar surface area (TPSA) is 116 Å². The summed E-state index contributed by atoms with van der Waals surface area (Å²) >= 11 is 0.974. The van der Waals surface area contributed by atoms with Gasteiger partial charge in [-0.05, 0) is 38.8 Å². The third kappa shape index (κ3) is 4.69. The van der Waals surface area contributed by atoms with E-state index in [1.165, 1.54) is 0 Å². The summed E-state index contributed by atoms with van der Waals surface area (Å²) in [5.41, 5.74) is 6.94. The van der Waals surface area contributed by atoms with Crippen molar-refractivity contribution in [2.75, 3.05) is 5.32 Å². The van der Waals surface area contributed by atoms with E-state index in [0.717, 1.165) is 16.9 Å². The van der Waals surface area contributed by atoms with E-state index in [1.54, 1.807) is 31.6 Å². The molecule has 0 saturated carbocycles. The molecule has 2 aromatic rings. The quantitative estimate of drug-likeness (QED) is 0.717. The fourth-order valence-electron chi connectivity index (χ4n) is 2.35. The molecule has 0 aliphatic carbocycles. The number of hydrogen-bond donors (Lipinski definition) is 2. The number of thiophene rings is 1. The number of nitrogens with one attached hydrogen (secondary N) is 1. The van der Waals surface area contributed by atoms with E-state index in [0.29, 0.717) is 12.1 Å². The number of aryl methyl sites for hydroxylation is 2. The van der Waals surface area contributed by atoms with Crippen LogP contribution in [-0.4, -0.2) is 33.7 Å². The van der Waals surface area contributed by atoms with E-state index in [1.807, 2.05) is 13.1 Å². The Morgan fingerprint density at radius 3 is 2.58 bits per heavy atom. The first kappa shape index (κ1) is 19.6. The fraction of sp³-hybridized carbons (Fsp3) is 0.412. The van der Waals surface area contributed by atoms with Crippen molar-refractivity contribution in [3.8, 4) is 0 Å². The first-order valence-corrected chi connectivity index (χ1v) is 8.93. The number of rotatable bonds is 7. The Bertz CT molecular complexity index is 838. The molecule has 2 heterocycles. The maximum Gasteiger partial charge on any atom is 0.341 e. The SMILES string of the molecule is Cc1cnn(CCC(=O)Nc2sc(C(N)=O)c(C)c2C(=O)OC(C)C)c1. The number of carbonyl (C=O) groups is 3. The lowest BCUT2D eigenvalue weighted by Gasteiger charge is -2.10. The van der Waals surface area contributed by atoms with Crippen molar-refractivity contribution < 1.29 is 19.1 Å². The zero-order chi connectivity index (χ0) is 19.4. The van der Waals surface area contributed by atoms with Gasteiger partial charge in [-0.25, -0.2) is 4.79 Å². The number of primary amides is 1. The van der Waals surface area contributed by atoms with Gasteiger partial charge in [0, 0.05) is 19.2 Å². The molecule has 140 valence electrons. The Morgan fingerprint density at radius 1 is 1.35 bits per heavy atom. The number of carbonyl (C=O) groups excluding carboxylic acids is 3. The minimum absolute atomic E-state index is 0.167. The Kier molecular flexibility index (Phi) is 6.14. The highest BCUT2D eigenvalue weighted by molar-refractivity contribution is 7.18. The van der Waals surface area contributed by atoms with Crippen molar-refractivity contribution in [3.05, 3.63) is 34.0 Å². The summed E-state index contributed by atoms with van der Waals surface area (Å²) in [5.74, 6) is -1.55. The number of anilines is 1. The van der Waals surface area contributed by atoms with Gasteiger partial charge in [0.2, 0.25) is 5.91 Å². The van der Waals surface area contributed by atoms with E-state index in [2.05, 4.69) is 10.4 Å². The van der Waals surface area contributed by atoms with Crippen molar-refractivity contribution in [2.45, 2.75) is 46.8 Å². The van der Waals surface area contributed by atoms with Gasteiger partial charge in [-0.2, -0.15) is 5.10 Å². The van der Waals surface area contributed by atoms with Crippen LogP contribution >= 0.6 is 11.3 Å². The zero-order valence-electron chi connectivity index (χ0n) is 15.2. The third-order valence-corrected chi connectivity index (χ3v) is 4.72. The van der Waals surface area contributed by atoms with Crippen LogP contribution in [0.3, 0.4) is 0 Å². The van der Waals surface area contributed by atoms with Crippen molar-refractivity contribution in [2.24, 2.45) is 5.73 Å². The van der Waals surface area contributed by atoms with Crippen molar-refractivity contribution in [1.82, 2.24) is 9.78 Å². The molecule has 0 aromatic carbocycles. The molecule has 2 aromatic heterocycles. The highest BCUT2D eigenvalue weighted by Crippen LogP contribution is 2.33. The van der Waals surface area contributed by atoms with E-state index in [-0.39, 0.29) is 33.9 Å². The number of esters is 1. The van der Waals surface area contributed by atoms with Crippen LogP contribution in [0.25, 0.3) is 0 Å². The van der Waals surface area contributed by atoms with Crippen molar-refractivity contribution in [3.63, 3.8) is 0 Å². The van der Waals surface area contributed by atoms with Gasteiger partial charge in [-0.1, -0.05) is 0 Å². The van der Waals surface area contributed by atoms with E-state index in [9.17, 15) is 14.4 Å². The Balaban J connectivity index is 2.18. The molecule has 0 saturated heterocycles. The van der Waals surface area contributed by atoms with Gasteiger partial charge < -0.3 is 15.8 Å². The van der Waals surface area contributed by atoms with Crippen LogP contribution in [0.15, 0.2) is 12.4 Å². The average molecular weight is 378 g/mol. The summed E-state index contributed by atoms with van der Waals surface area (Å²) in [6.07, 6.45) is 3.38. The number of hydrogen-bond acceptors (Lipinski definition) is 6. The lowest BCUT2D eigenvalue weighted by molar-refractivity contribution is -0.116. The second-order valence-electron chi connectivity index (χ2n) is 6.16. The standard InChI is InChI=1S/C17H22N4O4S/c1-9(2)25-17(24)13-11(4)14(15(18)23)26-16(13)20-12(22)5-6-21-8-10(3)7-19-21/h7-9H,5-6H2,1-4H3,(H2,18,23)(H,20,22). The zero-order valence-corrected chi connectivity index (χ0v) is 16.0. The van der Waals surface area contributed by atoms with Gasteiger partial charge >= 0.3 is 5.97 Å². The summed E-state index contributed by atoms with van der Waals surface area (Å²) in [6.45, 7) is 7.36. The number of nitrogens with two attached hydrogens (primary N) is 1. The van der Waals surface area contributed by atoms with Crippen LogP contribution < -0.4 is 11.1 Å². The summed E-state index contributed by atoms with van der Waals surface area (Å²) in [6, 6.07) is 0. The molecule has 2 amide bonds. The molecule has 0 radical (unpaired) electrons. The first-order chi connectivity index (χ1) is 12.2. The summed E-state index contributed by atoms with van der Waals surface area (Å²) in [5, 5.41) is 7.07. The molecule has 0 atom stereocenters. The molecule has 26 heavy (non-hydrogen) atoms. The van der Waals surface area contributed by atoms with Crippen LogP contribution in [-0.2, 0) is 16.1 Å². The molecule has 0 fully saturated rings. The van der Waals surface area contributed by atoms with Gasteiger partial charge in [-0.15, -0.1) is 11.3 Å². The van der Waals surface area contributed by atoms with Gasteiger partial charge in [0.25, 0.3) is 5.91 Å². The van der Waals surface area contributed by atoms with Gasteiger partial charge in [0.15, 0.2) is 0 Å². The average Bonchev–Trinajstić information content (AvgIpc) is 3.08. The second kappa shape index (κ2) is 8.13. The van der Waals surface area contributed by atoms with Crippen LogP contribution in [0.5, 0.6) is 0 Å². The predicted octanol–water partition coefficient (Wildman–Crippen LogP) is 2.25. The van der Waals surface area contributed by atoms with Gasteiger partial charge in [0.1, 0.15) is 5.00 Å². The largest absolute Gasteiger partial charge is 0.459 e. The summed E-state index contributed by atoms with van der Waals surface area (Å²) in [4.78, 5) is 36.4. The third-order valence-electron chi connectivity index (χ3n) is 3.50. The Hall–Kier alpha value is -2.68. The van der Waals surface area contributed by atoms with Crippen molar-refractivity contribution >= 4 is 34.1 Å². The van der Waals surface area contributed by atoms with Gasteiger partial charge in [0.05, 0.1) is 22.7 Å². The smallest absolute Gasteiger partial charge is 0.341 e. The highest BCUT2D eigenvalue weighted by Gasteiger charge is 2.26. The molecular formula is C17H22N4O4S. The maximum atomic E-state index is 12.4. The number of aromatic nitrogens is 2. The van der Waals surface area contributed by atoms with Crippen LogP contribution in [0, 0.1) is 13.8 Å². The second-order valence-corrected chi connectivity index (χ2v) is 7.18. The van der Waals surface area contributed by atoms with E-state index in [4.69, 9.17) is 10.5 Å². The maximum absolute atomic E-state index is 12.4. The van der Waals surface area contributed by atoms with Gasteiger partial charge in [-0.3, -0.25) is 14.3 Å². The normalized spacial score (nSPS) is 10.8. The number of nitrogens with zero attached hydrogens (tertiary/aromatic N) is 2. The lowest BCUT2D eigenvalue weighted by Crippen LogP contribution is -2.18. The van der Waals surface area contributed by atoms with Crippen LogP contribution in [0.4, 0.5) is 5.00 Å². The molecule has 0 aliphatic heterocycles. The van der Waals surface area contributed by atoms with E-state index < -0.39 is 11.9 Å². The molecule has 2 rings (SSSR count). The molecule has 0 aliphatic rings. The van der Waals surface area contributed by atoms with Crippen molar-refractivity contribution in [1.29, 1.82) is 0 Å². The highest BCUT2D eigenvalue weighted by atomic mass is 32.1. The van der Waals surface area contributed by atoms with Crippen LogP contribution in [0.1, 0.15) is 51.4 Å². The predicted molar refractivity (Wildman–Crippen MR) is 98.3 cm³/mol. The molecular weight excluding hydrogens is 356 g/mol. The Labute approximate surface area is 155 Å². The Morgan fingerprint density at radius 2 is 2.04 bits per heavy atom. The molecule has 0 spiro atoms. The van der Waals surface area contributed by atoms with Crippen LogP contribution in [0.2, 0.25) is 0 Å². The summed E-state index contributed by atoms with van der Waals surface area (Å²) in [7, 11) is 0. The minimum Gasteiger partial charge on any atom is -0.459 e. The molecule has 0 bridgehead atoms. The molecule has 9 heteroatoms. The monoisotopic (exact) mass is 378 g/mol. The number of ether oxygens (including phenoxy) is 1. The molecule has 3 N–H and O–H groups in total. The molecule has 8 nitrogen and oxygen atoms in total. The minimum atomic E-state index is -0.654. The lowest BCUT2D eigenvalue weighted by atomic mass is 10.1. The number of amides is 2. The first-order valence-electron chi connectivity index (χ1n) is 8.12. The molecule has 0 unspecified atom stereocenters. The summed E-state index contributed by atoms with van der Waals surface area (Å²) < 4.78 is 6.88. The fourth-order valence-corrected chi connectivity index (χ4v) is 3.41.